The molecule has 0 aliphatic rings. The largest absolute Gasteiger partial charge is 0.383 e. The van der Waals surface area contributed by atoms with E-state index in [-0.39, 0.29) is 0 Å². The molecule has 3 heteroatoms. The number of anilines is 1. The van der Waals surface area contributed by atoms with Crippen molar-refractivity contribution in [3.05, 3.63) is 29.8 Å². The van der Waals surface area contributed by atoms with Crippen LogP contribution in [-0.2, 0) is 16.1 Å². The molecule has 0 heterocycles. The quantitative estimate of drug-likeness (QED) is 0.705. The fourth-order valence-corrected chi connectivity index (χ4v) is 1.52. The first-order chi connectivity index (χ1) is 8.22. The smallest absolute Gasteiger partial charge is 0.0713 e. The molecule has 0 unspecified atom stereocenters. The Balaban J connectivity index is 2.24. The molecule has 0 saturated heterocycles. The molecular formula is C14H23NO2. The molecule has 3 nitrogen and oxygen atoms in total. The van der Waals surface area contributed by atoms with Gasteiger partial charge in [-0.1, -0.05) is 26.0 Å². The average Bonchev–Trinajstić information content (AvgIpc) is 2.29. The minimum Gasteiger partial charge on any atom is -0.383 e. The van der Waals surface area contributed by atoms with Gasteiger partial charge in [0.1, 0.15) is 0 Å². The maximum absolute atomic E-state index is 5.51. The van der Waals surface area contributed by atoms with Gasteiger partial charge >= 0.3 is 0 Å². The van der Waals surface area contributed by atoms with E-state index in [0.29, 0.717) is 12.5 Å². The highest BCUT2D eigenvalue weighted by molar-refractivity contribution is 5.45. The van der Waals surface area contributed by atoms with Crippen LogP contribution in [0.15, 0.2) is 24.3 Å². The van der Waals surface area contributed by atoms with E-state index in [2.05, 4.69) is 37.4 Å². The minimum atomic E-state index is 0.597. The fourth-order valence-electron chi connectivity index (χ4n) is 1.52. The Morgan fingerprint density at radius 1 is 1.29 bits per heavy atom. The molecule has 1 aromatic carbocycles. The van der Waals surface area contributed by atoms with E-state index in [1.807, 2.05) is 6.07 Å². The van der Waals surface area contributed by atoms with Crippen LogP contribution in [0.5, 0.6) is 0 Å². The minimum absolute atomic E-state index is 0.597. The number of benzene rings is 1. The maximum atomic E-state index is 5.51. The molecule has 0 amide bonds. The van der Waals surface area contributed by atoms with Gasteiger partial charge in [-0.3, -0.25) is 0 Å². The third kappa shape index (κ3) is 6.29. The first-order valence-electron chi connectivity index (χ1n) is 6.12. The van der Waals surface area contributed by atoms with E-state index in [4.69, 9.17) is 9.47 Å². The average molecular weight is 237 g/mol. The summed E-state index contributed by atoms with van der Waals surface area (Å²) in [5.74, 6) is 0.597. The molecule has 96 valence electrons. The van der Waals surface area contributed by atoms with Crippen LogP contribution in [0.2, 0.25) is 0 Å². The van der Waals surface area contributed by atoms with Gasteiger partial charge in [0.25, 0.3) is 0 Å². The molecule has 0 spiro atoms. The predicted molar refractivity (Wildman–Crippen MR) is 71.3 cm³/mol. The maximum Gasteiger partial charge on any atom is 0.0713 e. The van der Waals surface area contributed by atoms with Crippen molar-refractivity contribution >= 4 is 5.69 Å². The van der Waals surface area contributed by atoms with Crippen LogP contribution in [-0.4, -0.2) is 26.9 Å². The monoisotopic (exact) mass is 237 g/mol. The highest BCUT2D eigenvalue weighted by Gasteiger charge is 1.96. The normalized spacial score (nSPS) is 10.8. The Kier molecular flexibility index (Phi) is 6.67. The molecule has 1 rings (SSSR count). The third-order valence-corrected chi connectivity index (χ3v) is 2.26. The summed E-state index contributed by atoms with van der Waals surface area (Å²) in [6, 6.07) is 8.25. The Morgan fingerprint density at radius 3 is 2.82 bits per heavy atom. The van der Waals surface area contributed by atoms with Crippen molar-refractivity contribution in [1.29, 1.82) is 0 Å². The summed E-state index contributed by atoms with van der Waals surface area (Å²) in [6.07, 6.45) is 0. The van der Waals surface area contributed by atoms with Gasteiger partial charge < -0.3 is 14.8 Å². The Morgan fingerprint density at radius 2 is 2.12 bits per heavy atom. The van der Waals surface area contributed by atoms with E-state index in [1.165, 1.54) is 5.56 Å². The lowest BCUT2D eigenvalue weighted by molar-refractivity contribution is 0.118. The van der Waals surface area contributed by atoms with Crippen LogP contribution in [0.4, 0.5) is 5.69 Å². The molecule has 1 aromatic rings. The van der Waals surface area contributed by atoms with Gasteiger partial charge in [0, 0.05) is 25.9 Å². The lowest BCUT2D eigenvalue weighted by atomic mass is 10.2. The summed E-state index contributed by atoms with van der Waals surface area (Å²) in [7, 11) is 1.71. The van der Waals surface area contributed by atoms with Crippen molar-refractivity contribution in [3.63, 3.8) is 0 Å². The topological polar surface area (TPSA) is 30.5 Å². The van der Waals surface area contributed by atoms with Crippen molar-refractivity contribution in [2.24, 2.45) is 5.92 Å². The first-order valence-corrected chi connectivity index (χ1v) is 6.12. The van der Waals surface area contributed by atoms with Crippen LogP contribution in [0.25, 0.3) is 0 Å². The van der Waals surface area contributed by atoms with Crippen LogP contribution in [0.3, 0.4) is 0 Å². The van der Waals surface area contributed by atoms with Crippen molar-refractivity contribution in [2.75, 3.05) is 32.2 Å². The Hall–Kier alpha value is -1.06. The van der Waals surface area contributed by atoms with Crippen LogP contribution >= 0.6 is 0 Å². The number of ether oxygens (including phenoxy) is 2. The van der Waals surface area contributed by atoms with Gasteiger partial charge in [0.15, 0.2) is 0 Å². The Bertz CT molecular complexity index is 313. The zero-order valence-electron chi connectivity index (χ0n) is 11.0. The van der Waals surface area contributed by atoms with E-state index < -0.39 is 0 Å². The van der Waals surface area contributed by atoms with Crippen LogP contribution in [0.1, 0.15) is 19.4 Å². The van der Waals surface area contributed by atoms with Gasteiger partial charge in [0.05, 0.1) is 13.2 Å². The standard InChI is InChI=1S/C14H23NO2/c1-12(2)10-17-8-7-15-14-6-4-5-13(9-14)11-16-3/h4-6,9,12,15H,7-8,10-11H2,1-3H3. The molecule has 0 aromatic heterocycles. The van der Waals surface area contributed by atoms with E-state index in [9.17, 15) is 0 Å². The summed E-state index contributed by atoms with van der Waals surface area (Å²) in [6.45, 7) is 7.36. The zero-order chi connectivity index (χ0) is 12.5. The molecule has 0 radical (unpaired) electrons. The van der Waals surface area contributed by atoms with Crippen molar-refractivity contribution in [1.82, 2.24) is 0 Å². The second kappa shape index (κ2) is 8.09. The molecule has 0 aliphatic heterocycles. The number of hydrogen-bond donors (Lipinski definition) is 1. The molecule has 1 N–H and O–H groups in total. The molecule has 0 bridgehead atoms. The number of rotatable bonds is 8. The summed E-state index contributed by atoms with van der Waals surface area (Å²) >= 11 is 0. The number of nitrogens with one attached hydrogen (secondary N) is 1. The van der Waals surface area contributed by atoms with E-state index in [1.54, 1.807) is 7.11 Å². The van der Waals surface area contributed by atoms with Crippen molar-refractivity contribution in [2.45, 2.75) is 20.5 Å². The van der Waals surface area contributed by atoms with Gasteiger partial charge in [-0.15, -0.1) is 0 Å². The molecule has 0 saturated carbocycles. The van der Waals surface area contributed by atoms with E-state index >= 15 is 0 Å². The number of hydrogen-bond acceptors (Lipinski definition) is 3. The highest BCUT2D eigenvalue weighted by Crippen LogP contribution is 2.10. The molecule has 17 heavy (non-hydrogen) atoms. The summed E-state index contributed by atoms with van der Waals surface area (Å²) in [4.78, 5) is 0. The van der Waals surface area contributed by atoms with Crippen molar-refractivity contribution in [3.8, 4) is 0 Å². The lowest BCUT2D eigenvalue weighted by Gasteiger charge is -2.10. The lowest BCUT2D eigenvalue weighted by Crippen LogP contribution is -2.12. The van der Waals surface area contributed by atoms with Crippen LogP contribution < -0.4 is 5.32 Å². The number of methoxy groups -OCH3 is 1. The predicted octanol–water partition coefficient (Wildman–Crippen LogP) is 2.92. The fraction of sp³-hybridized carbons (Fsp3) is 0.571. The van der Waals surface area contributed by atoms with Crippen molar-refractivity contribution < 1.29 is 9.47 Å². The zero-order valence-corrected chi connectivity index (χ0v) is 11.0. The Labute approximate surface area is 104 Å². The molecule has 0 atom stereocenters. The van der Waals surface area contributed by atoms with Gasteiger partial charge in [-0.05, 0) is 23.6 Å². The third-order valence-electron chi connectivity index (χ3n) is 2.26. The summed E-state index contributed by atoms with van der Waals surface area (Å²) in [5, 5.41) is 3.34. The summed E-state index contributed by atoms with van der Waals surface area (Å²) in [5.41, 5.74) is 2.30. The van der Waals surface area contributed by atoms with Gasteiger partial charge in [0.2, 0.25) is 0 Å². The molecule has 0 fully saturated rings. The second-order valence-corrected chi connectivity index (χ2v) is 4.53. The van der Waals surface area contributed by atoms with Crippen LogP contribution in [0, 0.1) is 5.92 Å². The molecule has 0 aliphatic carbocycles. The second-order valence-electron chi connectivity index (χ2n) is 4.53. The highest BCUT2D eigenvalue weighted by atomic mass is 16.5. The van der Waals surface area contributed by atoms with E-state index in [0.717, 1.165) is 25.4 Å². The summed E-state index contributed by atoms with van der Waals surface area (Å²) < 4.78 is 10.6. The van der Waals surface area contributed by atoms with Gasteiger partial charge in [-0.2, -0.15) is 0 Å². The SMILES string of the molecule is COCc1cccc(NCCOCC(C)C)c1. The first kappa shape index (κ1) is 14.0. The van der Waals surface area contributed by atoms with Gasteiger partial charge in [-0.25, -0.2) is 0 Å². The molecular weight excluding hydrogens is 214 g/mol.